The first-order valence-electron chi connectivity index (χ1n) is 8.93. The number of hydrogen-bond acceptors (Lipinski definition) is 5. The summed E-state index contributed by atoms with van der Waals surface area (Å²) in [5.74, 6) is 1.49. The van der Waals surface area contributed by atoms with Gasteiger partial charge in [0.05, 0.1) is 6.54 Å². The first-order chi connectivity index (χ1) is 13.0. The number of carbonyl (C=O) groups is 1. The molecule has 0 aliphatic heterocycles. The van der Waals surface area contributed by atoms with Crippen molar-refractivity contribution < 1.29 is 9.32 Å². The van der Waals surface area contributed by atoms with E-state index in [1.165, 1.54) is 0 Å². The minimum absolute atomic E-state index is 0.178. The van der Waals surface area contributed by atoms with E-state index in [-0.39, 0.29) is 6.03 Å². The van der Waals surface area contributed by atoms with Gasteiger partial charge in [0.1, 0.15) is 17.8 Å². The van der Waals surface area contributed by atoms with E-state index < -0.39 is 0 Å². The lowest BCUT2D eigenvalue weighted by Gasteiger charge is -2.16. The van der Waals surface area contributed by atoms with Crippen LogP contribution in [0.15, 0.2) is 47.2 Å². The van der Waals surface area contributed by atoms with Gasteiger partial charge in [-0.05, 0) is 13.8 Å². The third kappa shape index (κ3) is 4.72. The van der Waals surface area contributed by atoms with Gasteiger partial charge in [0.15, 0.2) is 5.76 Å². The van der Waals surface area contributed by atoms with E-state index in [0.717, 1.165) is 17.1 Å². The lowest BCUT2D eigenvalue weighted by Crippen LogP contribution is -2.38. The van der Waals surface area contributed by atoms with E-state index in [1.54, 1.807) is 18.3 Å². The minimum Gasteiger partial charge on any atom is -0.359 e. The van der Waals surface area contributed by atoms with Crippen LogP contribution < -0.4 is 5.32 Å². The molecule has 2 heterocycles. The molecule has 0 spiro atoms. The van der Waals surface area contributed by atoms with E-state index in [1.807, 2.05) is 41.0 Å². The predicted molar refractivity (Wildman–Crippen MR) is 101 cm³/mol. The van der Waals surface area contributed by atoms with Crippen LogP contribution in [0.5, 0.6) is 0 Å². The van der Waals surface area contributed by atoms with Crippen molar-refractivity contribution in [2.75, 3.05) is 13.6 Å². The molecule has 3 aromatic rings. The SMILES string of the molecule is CC(C)n1cnnc1CCNC(=O)N(C)Cc1cc(-c2ccccc2)no1. The van der Waals surface area contributed by atoms with E-state index >= 15 is 0 Å². The summed E-state index contributed by atoms with van der Waals surface area (Å²) in [6.07, 6.45) is 2.33. The lowest BCUT2D eigenvalue weighted by molar-refractivity contribution is 0.201. The Morgan fingerprint density at radius 3 is 2.81 bits per heavy atom. The van der Waals surface area contributed by atoms with Gasteiger partial charge >= 0.3 is 6.03 Å². The molecule has 1 aromatic carbocycles. The van der Waals surface area contributed by atoms with Gasteiger partial charge in [-0.2, -0.15) is 0 Å². The molecule has 8 heteroatoms. The van der Waals surface area contributed by atoms with Crippen LogP contribution in [0, 0.1) is 0 Å². The van der Waals surface area contributed by atoms with Crippen molar-refractivity contribution >= 4 is 6.03 Å². The third-order valence-corrected chi connectivity index (χ3v) is 4.20. The van der Waals surface area contributed by atoms with Crippen molar-refractivity contribution in [1.82, 2.24) is 30.1 Å². The number of nitrogens with one attached hydrogen (secondary N) is 1. The molecule has 0 bridgehead atoms. The zero-order valence-corrected chi connectivity index (χ0v) is 15.8. The molecule has 142 valence electrons. The second-order valence-electron chi connectivity index (χ2n) is 6.63. The number of aromatic nitrogens is 4. The average molecular weight is 368 g/mol. The number of rotatable bonds is 7. The predicted octanol–water partition coefficient (Wildman–Crippen LogP) is 2.90. The maximum atomic E-state index is 12.3. The molecule has 0 aliphatic rings. The summed E-state index contributed by atoms with van der Waals surface area (Å²) in [5, 5.41) is 15.0. The van der Waals surface area contributed by atoms with Crippen LogP contribution in [0.2, 0.25) is 0 Å². The zero-order chi connectivity index (χ0) is 19.2. The van der Waals surface area contributed by atoms with Crippen molar-refractivity contribution in [2.24, 2.45) is 0 Å². The van der Waals surface area contributed by atoms with Gasteiger partial charge in [-0.25, -0.2) is 4.79 Å². The topological polar surface area (TPSA) is 89.1 Å². The second kappa shape index (κ2) is 8.48. The van der Waals surface area contributed by atoms with Gasteiger partial charge in [-0.3, -0.25) is 0 Å². The Morgan fingerprint density at radius 1 is 1.30 bits per heavy atom. The van der Waals surface area contributed by atoms with Crippen LogP contribution in [-0.2, 0) is 13.0 Å². The second-order valence-corrected chi connectivity index (χ2v) is 6.63. The standard InChI is InChI=1S/C19H24N6O2/c1-14(2)25-13-21-22-18(25)9-10-20-19(26)24(3)12-16-11-17(23-27-16)15-7-5-4-6-8-15/h4-8,11,13-14H,9-10,12H2,1-3H3,(H,20,26). The first kappa shape index (κ1) is 18.6. The highest BCUT2D eigenvalue weighted by atomic mass is 16.5. The molecule has 0 aliphatic carbocycles. The average Bonchev–Trinajstić information content (AvgIpc) is 3.32. The highest BCUT2D eigenvalue weighted by molar-refractivity contribution is 5.73. The Morgan fingerprint density at radius 2 is 2.07 bits per heavy atom. The summed E-state index contributed by atoms with van der Waals surface area (Å²) < 4.78 is 7.35. The van der Waals surface area contributed by atoms with Gasteiger partial charge < -0.3 is 19.3 Å². The molecule has 0 saturated heterocycles. The molecule has 1 N–H and O–H groups in total. The number of benzene rings is 1. The third-order valence-electron chi connectivity index (χ3n) is 4.20. The van der Waals surface area contributed by atoms with E-state index in [4.69, 9.17) is 4.52 Å². The van der Waals surface area contributed by atoms with E-state index in [9.17, 15) is 4.79 Å². The van der Waals surface area contributed by atoms with Gasteiger partial charge in [0.25, 0.3) is 0 Å². The smallest absolute Gasteiger partial charge is 0.317 e. The Kier molecular flexibility index (Phi) is 5.85. The summed E-state index contributed by atoms with van der Waals surface area (Å²) >= 11 is 0. The van der Waals surface area contributed by atoms with Crippen LogP contribution in [0.25, 0.3) is 11.3 Å². The van der Waals surface area contributed by atoms with E-state index in [0.29, 0.717) is 31.3 Å². The first-order valence-corrected chi connectivity index (χ1v) is 8.93. The van der Waals surface area contributed by atoms with Crippen LogP contribution in [0.4, 0.5) is 4.79 Å². The molecule has 0 atom stereocenters. The summed E-state index contributed by atoms with van der Waals surface area (Å²) in [6.45, 7) is 4.97. The summed E-state index contributed by atoms with van der Waals surface area (Å²) in [5.41, 5.74) is 1.74. The summed E-state index contributed by atoms with van der Waals surface area (Å²) in [7, 11) is 1.72. The van der Waals surface area contributed by atoms with Crippen LogP contribution in [-0.4, -0.2) is 44.4 Å². The largest absolute Gasteiger partial charge is 0.359 e. The molecule has 3 rings (SSSR count). The van der Waals surface area contributed by atoms with Crippen molar-refractivity contribution in [3.63, 3.8) is 0 Å². The Hall–Kier alpha value is -3.16. The Bertz CT molecular complexity index is 871. The molecule has 2 amide bonds. The fourth-order valence-corrected chi connectivity index (χ4v) is 2.73. The van der Waals surface area contributed by atoms with Gasteiger partial charge in [0, 0.05) is 37.7 Å². The van der Waals surface area contributed by atoms with E-state index in [2.05, 4.69) is 34.5 Å². The van der Waals surface area contributed by atoms with Crippen molar-refractivity contribution in [3.05, 3.63) is 54.3 Å². The number of nitrogens with zero attached hydrogens (tertiary/aromatic N) is 5. The highest BCUT2D eigenvalue weighted by Crippen LogP contribution is 2.19. The zero-order valence-electron chi connectivity index (χ0n) is 15.8. The Labute approximate surface area is 158 Å². The number of hydrogen-bond donors (Lipinski definition) is 1. The monoisotopic (exact) mass is 368 g/mol. The molecule has 0 unspecified atom stereocenters. The molecular formula is C19H24N6O2. The maximum absolute atomic E-state index is 12.3. The molecule has 2 aromatic heterocycles. The summed E-state index contributed by atoms with van der Waals surface area (Å²) in [4.78, 5) is 13.8. The molecule has 0 saturated carbocycles. The number of carbonyl (C=O) groups excluding carboxylic acids is 1. The molecule has 8 nitrogen and oxygen atoms in total. The summed E-state index contributed by atoms with van der Waals surface area (Å²) in [6, 6.07) is 11.7. The van der Waals surface area contributed by atoms with Gasteiger partial charge in [-0.1, -0.05) is 35.5 Å². The molecule has 0 radical (unpaired) electrons. The maximum Gasteiger partial charge on any atom is 0.317 e. The molecule has 27 heavy (non-hydrogen) atoms. The fourth-order valence-electron chi connectivity index (χ4n) is 2.73. The van der Waals surface area contributed by atoms with Gasteiger partial charge in [-0.15, -0.1) is 10.2 Å². The fraction of sp³-hybridized carbons (Fsp3) is 0.368. The number of urea groups is 1. The molecule has 0 fully saturated rings. The van der Waals surface area contributed by atoms with Crippen molar-refractivity contribution in [2.45, 2.75) is 32.9 Å². The van der Waals surface area contributed by atoms with Crippen molar-refractivity contribution in [3.8, 4) is 11.3 Å². The van der Waals surface area contributed by atoms with Crippen LogP contribution in [0.3, 0.4) is 0 Å². The quantitative estimate of drug-likeness (QED) is 0.693. The van der Waals surface area contributed by atoms with Crippen LogP contribution >= 0.6 is 0 Å². The number of amides is 2. The molecular weight excluding hydrogens is 344 g/mol. The van der Waals surface area contributed by atoms with Gasteiger partial charge in [0.2, 0.25) is 0 Å². The normalized spacial score (nSPS) is 11.0. The van der Waals surface area contributed by atoms with Crippen molar-refractivity contribution in [1.29, 1.82) is 0 Å². The van der Waals surface area contributed by atoms with Crippen LogP contribution in [0.1, 0.15) is 31.5 Å². The lowest BCUT2D eigenvalue weighted by atomic mass is 10.1. The Balaban J connectivity index is 1.49. The minimum atomic E-state index is -0.178. The highest BCUT2D eigenvalue weighted by Gasteiger charge is 2.14.